The molecule has 0 saturated carbocycles. The van der Waals surface area contributed by atoms with Gasteiger partial charge >= 0.3 is 6.09 Å². The van der Waals surface area contributed by atoms with E-state index in [9.17, 15) is 4.79 Å². The molecule has 2 saturated heterocycles. The predicted molar refractivity (Wildman–Crippen MR) is 88.5 cm³/mol. The van der Waals surface area contributed by atoms with Crippen LogP contribution < -0.4 is 9.47 Å². The van der Waals surface area contributed by atoms with Crippen molar-refractivity contribution in [3.05, 3.63) is 24.3 Å². The summed E-state index contributed by atoms with van der Waals surface area (Å²) in [5.41, 5.74) is -0.321. The molecule has 3 heterocycles. The molecule has 2 unspecified atom stereocenters. The molecular weight excluding hydrogens is 308 g/mol. The summed E-state index contributed by atoms with van der Waals surface area (Å²) < 4.78 is 17.5. The lowest BCUT2D eigenvalue weighted by Gasteiger charge is -2.41. The first kappa shape index (κ1) is 15.6. The van der Waals surface area contributed by atoms with Crippen LogP contribution in [0.5, 0.6) is 11.5 Å². The third-order valence-electron chi connectivity index (χ3n) is 5.65. The minimum absolute atomic E-state index is 0.0418. The molecule has 24 heavy (non-hydrogen) atoms. The number of carbonyl (C=O) groups excluding carboxylic acids is 1. The summed E-state index contributed by atoms with van der Waals surface area (Å²) in [6.07, 6.45) is 1.58. The minimum Gasteiger partial charge on any atom is -0.486 e. The minimum atomic E-state index is -0.321. The van der Waals surface area contributed by atoms with E-state index >= 15 is 0 Å². The largest absolute Gasteiger partial charge is 0.486 e. The number of likely N-dealkylation sites (tertiary alicyclic amines) is 1. The Kier molecular flexibility index (Phi) is 3.79. The molecule has 0 N–H and O–H groups in total. The van der Waals surface area contributed by atoms with Crippen molar-refractivity contribution in [2.75, 3.05) is 33.3 Å². The Balaban J connectivity index is 1.34. The maximum atomic E-state index is 11.8. The van der Waals surface area contributed by atoms with Gasteiger partial charge in [0.2, 0.25) is 0 Å². The van der Waals surface area contributed by atoms with Crippen molar-refractivity contribution in [2.24, 2.45) is 0 Å². The predicted octanol–water partition coefficient (Wildman–Crippen LogP) is 2.13. The summed E-state index contributed by atoms with van der Waals surface area (Å²) in [6.45, 7) is 5.31. The Bertz CT molecular complexity index is 627. The van der Waals surface area contributed by atoms with E-state index in [1.807, 2.05) is 31.3 Å². The average molecular weight is 332 g/mol. The normalized spacial score (nSPS) is 28.9. The standard InChI is InChI=1S/C18H24N2O4/c1-13-18(24-17(21)19(13)2)7-9-20(10-8-18)11-14-12-22-15-5-3-4-6-16(15)23-14/h3-6,13-14H,7-12H2,1-2H3. The first-order chi connectivity index (χ1) is 11.6. The zero-order valence-corrected chi connectivity index (χ0v) is 14.2. The Morgan fingerprint density at radius 1 is 1.21 bits per heavy atom. The van der Waals surface area contributed by atoms with E-state index in [-0.39, 0.29) is 23.8 Å². The zero-order valence-electron chi connectivity index (χ0n) is 14.2. The lowest BCUT2D eigenvalue weighted by molar-refractivity contribution is -0.0293. The number of rotatable bonds is 2. The van der Waals surface area contributed by atoms with Crippen LogP contribution in [0.3, 0.4) is 0 Å². The van der Waals surface area contributed by atoms with Crippen molar-refractivity contribution in [1.82, 2.24) is 9.80 Å². The van der Waals surface area contributed by atoms with Crippen molar-refractivity contribution >= 4 is 6.09 Å². The highest BCUT2D eigenvalue weighted by Gasteiger charge is 2.51. The summed E-state index contributed by atoms with van der Waals surface area (Å²) in [5.74, 6) is 1.64. The second-order valence-electron chi connectivity index (χ2n) is 7.02. The van der Waals surface area contributed by atoms with Crippen LogP contribution in [0, 0.1) is 0 Å². The third kappa shape index (κ3) is 2.59. The summed E-state index contributed by atoms with van der Waals surface area (Å²) in [4.78, 5) is 15.9. The van der Waals surface area contributed by atoms with Gasteiger partial charge in [0.25, 0.3) is 0 Å². The molecule has 2 atom stereocenters. The second kappa shape index (κ2) is 5.84. The van der Waals surface area contributed by atoms with Crippen molar-refractivity contribution in [2.45, 2.75) is 37.5 Å². The smallest absolute Gasteiger partial charge is 0.410 e. The summed E-state index contributed by atoms with van der Waals surface area (Å²) in [7, 11) is 1.82. The van der Waals surface area contributed by atoms with Gasteiger partial charge in [-0.2, -0.15) is 0 Å². The Morgan fingerprint density at radius 3 is 2.58 bits per heavy atom. The van der Waals surface area contributed by atoms with E-state index in [4.69, 9.17) is 14.2 Å². The molecule has 0 bridgehead atoms. The molecule has 3 aliphatic heterocycles. The Labute approximate surface area is 142 Å². The molecule has 1 aromatic rings. The van der Waals surface area contributed by atoms with E-state index < -0.39 is 0 Å². The highest BCUT2D eigenvalue weighted by molar-refractivity contribution is 5.71. The second-order valence-corrected chi connectivity index (χ2v) is 7.02. The molecular formula is C18H24N2O4. The molecule has 3 aliphatic rings. The van der Waals surface area contributed by atoms with Gasteiger partial charge < -0.3 is 19.1 Å². The van der Waals surface area contributed by atoms with Crippen LogP contribution in [0.2, 0.25) is 0 Å². The molecule has 0 aromatic heterocycles. The van der Waals surface area contributed by atoms with Gasteiger partial charge in [-0.25, -0.2) is 4.79 Å². The molecule has 6 nitrogen and oxygen atoms in total. The fraction of sp³-hybridized carbons (Fsp3) is 0.611. The molecule has 4 rings (SSSR count). The van der Waals surface area contributed by atoms with Crippen molar-refractivity contribution < 1.29 is 19.0 Å². The monoisotopic (exact) mass is 332 g/mol. The molecule has 1 aromatic carbocycles. The lowest BCUT2D eigenvalue weighted by Crippen LogP contribution is -2.53. The van der Waals surface area contributed by atoms with E-state index in [1.54, 1.807) is 4.90 Å². The molecule has 1 spiro atoms. The molecule has 2 fully saturated rings. The van der Waals surface area contributed by atoms with Gasteiger partial charge in [0, 0.05) is 39.5 Å². The zero-order chi connectivity index (χ0) is 16.7. The van der Waals surface area contributed by atoms with Crippen LogP contribution in [0.15, 0.2) is 24.3 Å². The first-order valence-corrected chi connectivity index (χ1v) is 8.64. The van der Waals surface area contributed by atoms with Gasteiger partial charge in [-0.05, 0) is 19.1 Å². The van der Waals surface area contributed by atoms with Crippen molar-refractivity contribution in [1.29, 1.82) is 0 Å². The highest BCUT2D eigenvalue weighted by Crippen LogP contribution is 2.38. The number of likely N-dealkylation sites (N-methyl/N-ethyl adjacent to an activating group) is 1. The highest BCUT2D eigenvalue weighted by atomic mass is 16.6. The quantitative estimate of drug-likeness (QED) is 0.830. The van der Waals surface area contributed by atoms with Gasteiger partial charge in [-0.1, -0.05) is 12.1 Å². The van der Waals surface area contributed by atoms with Crippen LogP contribution in [-0.4, -0.2) is 66.9 Å². The van der Waals surface area contributed by atoms with Gasteiger partial charge in [0.15, 0.2) is 11.5 Å². The summed E-state index contributed by atoms with van der Waals surface area (Å²) >= 11 is 0. The average Bonchev–Trinajstić information content (AvgIpc) is 2.81. The number of para-hydroxylation sites is 2. The van der Waals surface area contributed by atoms with E-state index in [2.05, 4.69) is 11.8 Å². The fourth-order valence-electron chi connectivity index (χ4n) is 3.92. The Hall–Kier alpha value is -1.95. The SMILES string of the molecule is CC1N(C)C(=O)OC12CCN(CC1COc3ccccc3O1)CC2. The fourth-order valence-corrected chi connectivity index (χ4v) is 3.92. The molecule has 130 valence electrons. The maximum Gasteiger partial charge on any atom is 0.410 e. The number of benzene rings is 1. The van der Waals surface area contributed by atoms with E-state index in [1.165, 1.54) is 0 Å². The van der Waals surface area contributed by atoms with E-state index in [0.717, 1.165) is 44.0 Å². The van der Waals surface area contributed by atoms with Crippen LogP contribution in [0.25, 0.3) is 0 Å². The molecule has 1 amide bonds. The number of nitrogens with zero attached hydrogens (tertiary/aromatic N) is 2. The number of hydrogen-bond acceptors (Lipinski definition) is 5. The summed E-state index contributed by atoms with van der Waals surface area (Å²) in [6, 6.07) is 7.92. The van der Waals surface area contributed by atoms with Gasteiger partial charge in [-0.3, -0.25) is 4.90 Å². The van der Waals surface area contributed by atoms with Gasteiger partial charge in [0.05, 0.1) is 6.04 Å². The number of fused-ring (bicyclic) bond motifs is 1. The molecule has 0 aliphatic carbocycles. The van der Waals surface area contributed by atoms with Crippen LogP contribution >= 0.6 is 0 Å². The van der Waals surface area contributed by atoms with Gasteiger partial charge in [0.1, 0.15) is 18.3 Å². The first-order valence-electron chi connectivity index (χ1n) is 8.64. The van der Waals surface area contributed by atoms with Crippen molar-refractivity contribution in [3.63, 3.8) is 0 Å². The van der Waals surface area contributed by atoms with Crippen LogP contribution in [-0.2, 0) is 4.74 Å². The van der Waals surface area contributed by atoms with E-state index in [0.29, 0.717) is 6.61 Å². The van der Waals surface area contributed by atoms with Crippen LogP contribution in [0.4, 0.5) is 4.79 Å². The van der Waals surface area contributed by atoms with Gasteiger partial charge in [-0.15, -0.1) is 0 Å². The number of ether oxygens (including phenoxy) is 3. The summed E-state index contributed by atoms with van der Waals surface area (Å²) in [5, 5.41) is 0. The number of carbonyl (C=O) groups is 1. The van der Waals surface area contributed by atoms with Crippen LogP contribution in [0.1, 0.15) is 19.8 Å². The molecule has 6 heteroatoms. The third-order valence-corrected chi connectivity index (χ3v) is 5.65. The van der Waals surface area contributed by atoms with Crippen molar-refractivity contribution in [3.8, 4) is 11.5 Å². The Morgan fingerprint density at radius 2 is 1.92 bits per heavy atom. The number of hydrogen-bond donors (Lipinski definition) is 0. The number of amides is 1. The number of piperidine rings is 1. The topological polar surface area (TPSA) is 51.2 Å². The molecule has 0 radical (unpaired) electrons. The lowest BCUT2D eigenvalue weighted by atomic mass is 9.85. The maximum absolute atomic E-state index is 11.8.